The number of anilines is 1. The number of carbonyl (C=O) groups is 2. The predicted molar refractivity (Wildman–Crippen MR) is 129 cm³/mol. The van der Waals surface area contributed by atoms with Gasteiger partial charge < -0.3 is 19.8 Å². The Morgan fingerprint density at radius 3 is 2.68 bits per heavy atom. The van der Waals surface area contributed by atoms with Crippen LogP contribution >= 0.6 is 0 Å². The van der Waals surface area contributed by atoms with E-state index < -0.39 is 23.7 Å². The first-order valence-corrected chi connectivity index (χ1v) is 11.2. The third-order valence-corrected chi connectivity index (χ3v) is 5.96. The highest BCUT2D eigenvalue weighted by molar-refractivity contribution is 5.97. The van der Waals surface area contributed by atoms with Crippen molar-refractivity contribution < 1.29 is 31.9 Å². The Morgan fingerprint density at radius 2 is 2.00 bits per heavy atom. The average Bonchev–Trinajstić information content (AvgIpc) is 3.52. The molecule has 1 fully saturated rings. The molecule has 1 atom stereocenters. The molecule has 0 spiro atoms. The minimum absolute atomic E-state index is 0.0821. The van der Waals surface area contributed by atoms with Crippen molar-refractivity contribution in [1.29, 1.82) is 0 Å². The molecule has 1 aromatic carbocycles. The van der Waals surface area contributed by atoms with Crippen LogP contribution in [0.5, 0.6) is 0 Å². The van der Waals surface area contributed by atoms with Crippen molar-refractivity contribution in [3.63, 3.8) is 0 Å². The number of nitrogens with two attached hydrogens (primary N) is 1. The number of nitrogen functional groups attached to an aromatic ring is 1. The smallest absolute Gasteiger partial charge is 0.464 e. The number of halogens is 3. The number of carbonyl (C=O) groups excluding carboxylic acids is 2. The van der Waals surface area contributed by atoms with E-state index in [1.165, 1.54) is 19.6 Å². The fourth-order valence-corrected chi connectivity index (χ4v) is 4.05. The number of aromatic nitrogens is 3. The van der Waals surface area contributed by atoms with Gasteiger partial charge in [0.05, 0.1) is 12.0 Å². The molecule has 192 valence electrons. The molecule has 0 saturated carbocycles. The Morgan fingerprint density at radius 1 is 1.18 bits per heavy atom. The summed E-state index contributed by atoms with van der Waals surface area (Å²) in [6, 6.07) is 11.9. The van der Waals surface area contributed by atoms with Crippen molar-refractivity contribution in [3.8, 4) is 34.4 Å². The number of pyridine rings is 1. The van der Waals surface area contributed by atoms with Crippen LogP contribution in [0.1, 0.15) is 12.0 Å². The molecule has 1 amide bonds. The SMILES string of the molecule is CN1CC[C@](C#Cc2cccc(-c3cc(-c4ccco4)c4ncnc(N)c4n3)c2)(OC(=O)C(F)(F)F)C1=O. The maximum Gasteiger partial charge on any atom is 0.490 e. The first-order valence-electron chi connectivity index (χ1n) is 11.2. The van der Waals surface area contributed by atoms with Crippen molar-refractivity contribution in [2.75, 3.05) is 19.3 Å². The fourth-order valence-electron chi connectivity index (χ4n) is 4.05. The van der Waals surface area contributed by atoms with E-state index >= 15 is 0 Å². The summed E-state index contributed by atoms with van der Waals surface area (Å²) in [7, 11) is 1.39. The van der Waals surface area contributed by atoms with Crippen LogP contribution in [0, 0.1) is 11.8 Å². The number of furan rings is 1. The molecule has 2 N–H and O–H groups in total. The summed E-state index contributed by atoms with van der Waals surface area (Å²) in [6.45, 7) is 0.0821. The lowest BCUT2D eigenvalue weighted by molar-refractivity contribution is -0.209. The number of hydrogen-bond acceptors (Lipinski definition) is 8. The van der Waals surface area contributed by atoms with Crippen LogP contribution in [0.4, 0.5) is 19.0 Å². The number of amides is 1. The van der Waals surface area contributed by atoms with Gasteiger partial charge in [-0.15, -0.1) is 0 Å². The van der Waals surface area contributed by atoms with E-state index in [1.807, 2.05) is 0 Å². The quantitative estimate of drug-likeness (QED) is 0.320. The second-order valence-electron chi connectivity index (χ2n) is 8.51. The zero-order chi connectivity index (χ0) is 27.1. The number of alkyl halides is 3. The molecule has 12 heteroatoms. The summed E-state index contributed by atoms with van der Waals surface area (Å²) in [5, 5.41) is 0. The van der Waals surface area contributed by atoms with Crippen LogP contribution in [0.2, 0.25) is 0 Å². The Labute approximate surface area is 213 Å². The van der Waals surface area contributed by atoms with Gasteiger partial charge in [-0.1, -0.05) is 18.1 Å². The summed E-state index contributed by atoms with van der Waals surface area (Å²) >= 11 is 0. The highest BCUT2D eigenvalue weighted by atomic mass is 19.4. The minimum atomic E-state index is -5.27. The summed E-state index contributed by atoms with van der Waals surface area (Å²) < 4.78 is 48.9. The largest absolute Gasteiger partial charge is 0.490 e. The Bertz CT molecular complexity index is 1630. The second-order valence-corrected chi connectivity index (χ2v) is 8.51. The number of likely N-dealkylation sites (tertiary alicyclic amines) is 1. The van der Waals surface area contributed by atoms with E-state index in [2.05, 4.69) is 31.5 Å². The average molecular weight is 521 g/mol. The summed E-state index contributed by atoms with van der Waals surface area (Å²) in [5.41, 5.74) is 6.70. The molecule has 5 rings (SSSR count). The van der Waals surface area contributed by atoms with Crippen molar-refractivity contribution in [3.05, 3.63) is 60.6 Å². The molecule has 0 aliphatic carbocycles. The molecule has 38 heavy (non-hydrogen) atoms. The number of benzene rings is 1. The molecular formula is C26H18F3N5O4. The monoisotopic (exact) mass is 521 g/mol. The van der Waals surface area contributed by atoms with Gasteiger partial charge in [0.25, 0.3) is 11.5 Å². The molecule has 3 aromatic heterocycles. The standard InChI is InChI=1S/C26H18F3N5O4/c1-34-10-9-25(23(34)35,38-24(36)26(27,28)29)8-7-15-4-2-5-16(12-15)18-13-17(19-6-3-11-37-19)20-21(33-18)22(30)32-14-31-20/h2-6,11-14H,9-10H2,1H3,(H2,30,31,32)/t25-/m0/s1. The van der Waals surface area contributed by atoms with Crippen LogP contribution in [-0.4, -0.2) is 57.1 Å². The van der Waals surface area contributed by atoms with Crippen LogP contribution < -0.4 is 5.73 Å². The molecule has 1 aliphatic rings. The van der Waals surface area contributed by atoms with Gasteiger partial charge in [-0.05, 0) is 36.3 Å². The van der Waals surface area contributed by atoms with Gasteiger partial charge >= 0.3 is 12.1 Å². The number of rotatable bonds is 3. The highest BCUT2D eigenvalue weighted by Crippen LogP contribution is 2.33. The van der Waals surface area contributed by atoms with E-state index in [1.54, 1.807) is 42.5 Å². The lowest BCUT2D eigenvalue weighted by atomic mass is 10.0. The first kappa shape index (κ1) is 24.8. The predicted octanol–water partition coefficient (Wildman–Crippen LogP) is 3.59. The molecule has 0 unspecified atom stereocenters. The highest BCUT2D eigenvalue weighted by Gasteiger charge is 2.53. The first-order chi connectivity index (χ1) is 18.1. The van der Waals surface area contributed by atoms with E-state index in [0.717, 1.165) is 4.90 Å². The second kappa shape index (κ2) is 9.19. The molecule has 4 heterocycles. The third-order valence-electron chi connectivity index (χ3n) is 5.96. The maximum absolute atomic E-state index is 12.9. The van der Waals surface area contributed by atoms with Gasteiger partial charge in [-0.2, -0.15) is 13.2 Å². The Kier molecular flexibility index (Phi) is 5.99. The zero-order valence-electron chi connectivity index (χ0n) is 19.7. The van der Waals surface area contributed by atoms with Gasteiger partial charge in [-0.25, -0.2) is 19.7 Å². The number of esters is 1. The van der Waals surface area contributed by atoms with Crippen LogP contribution in [0.3, 0.4) is 0 Å². The van der Waals surface area contributed by atoms with E-state index in [0.29, 0.717) is 39.2 Å². The van der Waals surface area contributed by atoms with Crippen molar-refractivity contribution in [2.24, 2.45) is 0 Å². The molecule has 0 bridgehead atoms. The number of hydrogen-bond donors (Lipinski definition) is 1. The van der Waals surface area contributed by atoms with Crippen molar-refractivity contribution in [2.45, 2.75) is 18.2 Å². The van der Waals surface area contributed by atoms with Crippen LogP contribution in [0.15, 0.2) is 59.5 Å². The minimum Gasteiger partial charge on any atom is -0.464 e. The lowest BCUT2D eigenvalue weighted by Crippen LogP contribution is -2.45. The Hall–Kier alpha value is -4.92. The topological polar surface area (TPSA) is 124 Å². The van der Waals surface area contributed by atoms with Gasteiger partial charge in [0, 0.05) is 36.7 Å². The molecule has 1 aliphatic heterocycles. The molecule has 4 aromatic rings. The van der Waals surface area contributed by atoms with E-state index in [-0.39, 0.29) is 18.8 Å². The van der Waals surface area contributed by atoms with Gasteiger partial charge in [0.1, 0.15) is 23.1 Å². The van der Waals surface area contributed by atoms with E-state index in [9.17, 15) is 22.8 Å². The van der Waals surface area contributed by atoms with Crippen molar-refractivity contribution >= 4 is 28.7 Å². The number of nitrogens with zero attached hydrogens (tertiary/aromatic N) is 4. The molecule has 1 saturated heterocycles. The number of fused-ring (bicyclic) bond motifs is 1. The summed E-state index contributed by atoms with van der Waals surface area (Å²) in [4.78, 5) is 38.3. The number of likely N-dealkylation sites (N-methyl/N-ethyl adjacent to an activating group) is 1. The third kappa shape index (κ3) is 4.50. The summed E-state index contributed by atoms with van der Waals surface area (Å²) in [6.07, 6.45) is -2.63. The van der Waals surface area contributed by atoms with Gasteiger partial charge in [0.2, 0.25) is 0 Å². The van der Waals surface area contributed by atoms with Gasteiger partial charge in [0.15, 0.2) is 5.82 Å². The van der Waals surface area contributed by atoms with Crippen LogP contribution in [0.25, 0.3) is 33.6 Å². The summed E-state index contributed by atoms with van der Waals surface area (Å²) in [5.74, 6) is 2.58. The Balaban J connectivity index is 1.57. The molecule has 0 radical (unpaired) electrons. The van der Waals surface area contributed by atoms with Crippen LogP contribution in [-0.2, 0) is 14.3 Å². The number of ether oxygens (including phenoxy) is 1. The van der Waals surface area contributed by atoms with Gasteiger partial charge in [-0.3, -0.25) is 4.79 Å². The fraction of sp³-hybridized carbons (Fsp3) is 0.192. The zero-order valence-corrected chi connectivity index (χ0v) is 19.7. The van der Waals surface area contributed by atoms with E-state index in [4.69, 9.17) is 10.2 Å². The normalized spacial score (nSPS) is 17.4. The van der Waals surface area contributed by atoms with Crippen molar-refractivity contribution in [1.82, 2.24) is 19.9 Å². The molecular weight excluding hydrogens is 503 g/mol. The lowest BCUT2D eigenvalue weighted by Gasteiger charge is -2.22. The maximum atomic E-state index is 12.9. The molecule has 9 nitrogen and oxygen atoms in total.